The standard InChI is InChI=1S/C7H13O4P/c1-4-10-12(9,11-5-2)7(3)6-8/h4-5H2,1-3H3. The second kappa shape index (κ2) is 5.28. The van der Waals surface area contributed by atoms with Crippen molar-refractivity contribution in [2.45, 2.75) is 20.8 Å². The molecule has 5 heteroatoms. The van der Waals surface area contributed by atoms with E-state index in [9.17, 15) is 9.36 Å². The van der Waals surface area contributed by atoms with Crippen LogP contribution >= 0.6 is 7.60 Å². The van der Waals surface area contributed by atoms with E-state index < -0.39 is 7.60 Å². The Hall–Kier alpha value is -0.400. The first-order valence-corrected chi connectivity index (χ1v) is 5.26. The van der Waals surface area contributed by atoms with E-state index in [1.807, 2.05) is 0 Å². The Kier molecular flexibility index (Phi) is 5.11. The van der Waals surface area contributed by atoms with Crippen LogP contribution in [0.3, 0.4) is 0 Å². The second-order valence-electron chi connectivity index (χ2n) is 2.02. The molecule has 0 aromatic heterocycles. The van der Waals surface area contributed by atoms with Crippen LogP contribution in [0.15, 0.2) is 5.31 Å². The largest absolute Gasteiger partial charge is 0.367 e. The van der Waals surface area contributed by atoms with Gasteiger partial charge >= 0.3 is 7.60 Å². The van der Waals surface area contributed by atoms with Crippen molar-refractivity contribution in [2.75, 3.05) is 13.2 Å². The molecule has 12 heavy (non-hydrogen) atoms. The monoisotopic (exact) mass is 192 g/mol. The molecule has 0 unspecified atom stereocenters. The van der Waals surface area contributed by atoms with Gasteiger partial charge in [0, 0.05) is 0 Å². The van der Waals surface area contributed by atoms with Crippen molar-refractivity contribution in [2.24, 2.45) is 0 Å². The lowest BCUT2D eigenvalue weighted by Crippen LogP contribution is -1.96. The summed E-state index contributed by atoms with van der Waals surface area (Å²) in [7, 11) is -3.32. The highest BCUT2D eigenvalue weighted by Crippen LogP contribution is 2.54. The Labute approximate surface area is 72.1 Å². The average Bonchev–Trinajstić information content (AvgIpc) is 2.04. The summed E-state index contributed by atoms with van der Waals surface area (Å²) in [5.41, 5.74) is 0. The molecule has 0 heterocycles. The molecule has 70 valence electrons. The van der Waals surface area contributed by atoms with Gasteiger partial charge in [0.15, 0.2) is 0 Å². The first-order chi connectivity index (χ1) is 5.60. The fourth-order valence-corrected chi connectivity index (χ4v) is 1.88. The van der Waals surface area contributed by atoms with Crippen molar-refractivity contribution in [3.05, 3.63) is 5.31 Å². The maximum absolute atomic E-state index is 11.6. The summed E-state index contributed by atoms with van der Waals surface area (Å²) >= 11 is 0. The van der Waals surface area contributed by atoms with Crippen molar-refractivity contribution in [1.82, 2.24) is 0 Å². The van der Waals surface area contributed by atoms with Gasteiger partial charge in [0.25, 0.3) is 0 Å². The van der Waals surface area contributed by atoms with Gasteiger partial charge in [-0.2, -0.15) is 0 Å². The molecule has 0 aliphatic heterocycles. The fourth-order valence-electron chi connectivity index (χ4n) is 0.627. The molecule has 0 radical (unpaired) electrons. The van der Waals surface area contributed by atoms with Gasteiger partial charge < -0.3 is 9.05 Å². The van der Waals surface area contributed by atoms with Gasteiger partial charge in [-0.25, -0.2) is 4.79 Å². The zero-order valence-electron chi connectivity index (χ0n) is 7.49. The summed E-state index contributed by atoms with van der Waals surface area (Å²) in [6.45, 7) is 5.25. The molecular formula is C7H13O4P. The van der Waals surface area contributed by atoms with Crippen molar-refractivity contribution >= 4 is 13.5 Å². The minimum absolute atomic E-state index is 0.00815. The predicted octanol–water partition coefficient (Wildman–Crippen LogP) is 1.99. The van der Waals surface area contributed by atoms with E-state index in [-0.39, 0.29) is 18.5 Å². The SMILES string of the molecule is CCOP(=O)(OCC)C(C)=C=O. The molecule has 0 aliphatic carbocycles. The second-order valence-corrected chi connectivity index (χ2v) is 4.20. The number of allylic oxidation sites excluding steroid dienone is 1. The highest BCUT2D eigenvalue weighted by Gasteiger charge is 2.27. The molecule has 0 N–H and O–H groups in total. The quantitative estimate of drug-likeness (QED) is 0.493. The van der Waals surface area contributed by atoms with Crippen LogP contribution in [-0.4, -0.2) is 19.2 Å². The highest BCUT2D eigenvalue weighted by molar-refractivity contribution is 7.58. The summed E-state index contributed by atoms with van der Waals surface area (Å²) in [6, 6.07) is 0. The lowest BCUT2D eigenvalue weighted by Gasteiger charge is -2.14. The lowest BCUT2D eigenvalue weighted by atomic mass is 10.7. The van der Waals surface area contributed by atoms with E-state index in [2.05, 4.69) is 0 Å². The van der Waals surface area contributed by atoms with E-state index >= 15 is 0 Å². The van der Waals surface area contributed by atoms with Gasteiger partial charge in [0.05, 0.1) is 13.2 Å². The van der Waals surface area contributed by atoms with E-state index in [4.69, 9.17) is 9.05 Å². The molecule has 0 rings (SSSR count). The van der Waals surface area contributed by atoms with Crippen LogP contribution < -0.4 is 0 Å². The van der Waals surface area contributed by atoms with E-state index in [0.29, 0.717) is 0 Å². The maximum atomic E-state index is 11.6. The molecule has 0 saturated carbocycles. The van der Waals surface area contributed by atoms with Gasteiger partial charge in [-0.1, -0.05) is 0 Å². The Bertz CT molecular complexity index is 220. The number of hydrogen-bond acceptors (Lipinski definition) is 4. The molecule has 0 fully saturated rings. The summed E-state index contributed by atoms with van der Waals surface area (Å²) in [5.74, 6) is 1.53. The van der Waals surface area contributed by atoms with Gasteiger partial charge in [-0.3, -0.25) is 4.57 Å². The minimum Gasteiger partial charge on any atom is -0.305 e. The van der Waals surface area contributed by atoms with Crippen LogP contribution in [0.1, 0.15) is 20.8 Å². The van der Waals surface area contributed by atoms with Crippen LogP contribution in [0.25, 0.3) is 0 Å². The number of hydrogen-bond donors (Lipinski definition) is 0. The Morgan fingerprint density at radius 3 is 2.00 bits per heavy atom. The van der Waals surface area contributed by atoms with Crippen molar-refractivity contribution in [1.29, 1.82) is 0 Å². The molecule has 0 saturated heterocycles. The Balaban J connectivity index is 4.62. The Morgan fingerprint density at radius 1 is 1.33 bits per heavy atom. The van der Waals surface area contributed by atoms with E-state index in [1.165, 1.54) is 12.9 Å². The molecule has 0 atom stereocenters. The summed E-state index contributed by atoms with van der Waals surface area (Å²) in [6.07, 6.45) is 0. The summed E-state index contributed by atoms with van der Waals surface area (Å²) in [5, 5.41) is -0.00815. The van der Waals surface area contributed by atoms with Crippen LogP contribution in [0.5, 0.6) is 0 Å². The molecule has 0 spiro atoms. The summed E-state index contributed by atoms with van der Waals surface area (Å²) in [4.78, 5) is 10.2. The third kappa shape index (κ3) is 2.92. The number of rotatable bonds is 5. The Morgan fingerprint density at radius 2 is 1.75 bits per heavy atom. The summed E-state index contributed by atoms with van der Waals surface area (Å²) < 4.78 is 21.3. The fraction of sp³-hybridized carbons (Fsp3) is 0.714. The van der Waals surface area contributed by atoms with Crippen LogP contribution in [0.4, 0.5) is 0 Å². The molecule has 0 aromatic rings. The zero-order valence-corrected chi connectivity index (χ0v) is 8.39. The molecule has 4 nitrogen and oxygen atoms in total. The third-order valence-corrected chi connectivity index (χ3v) is 3.27. The van der Waals surface area contributed by atoms with Gasteiger partial charge in [0.1, 0.15) is 11.3 Å². The normalized spacial score (nSPS) is 10.9. The van der Waals surface area contributed by atoms with Crippen LogP contribution in [0.2, 0.25) is 0 Å². The molecule has 0 bridgehead atoms. The topological polar surface area (TPSA) is 52.6 Å². The smallest absolute Gasteiger partial charge is 0.305 e. The van der Waals surface area contributed by atoms with Crippen molar-refractivity contribution in [3.63, 3.8) is 0 Å². The molecule has 0 aromatic carbocycles. The highest BCUT2D eigenvalue weighted by atomic mass is 31.2. The van der Waals surface area contributed by atoms with E-state index in [1.54, 1.807) is 13.8 Å². The van der Waals surface area contributed by atoms with Gasteiger partial charge in [0.2, 0.25) is 0 Å². The number of carbonyl (C=O) groups excluding carboxylic acids is 1. The van der Waals surface area contributed by atoms with Crippen molar-refractivity contribution < 1.29 is 18.4 Å². The molecule has 0 aliphatic rings. The minimum atomic E-state index is -3.32. The van der Waals surface area contributed by atoms with Crippen LogP contribution in [-0.2, 0) is 18.4 Å². The van der Waals surface area contributed by atoms with Crippen molar-refractivity contribution in [3.8, 4) is 0 Å². The first-order valence-electron chi connectivity index (χ1n) is 3.72. The zero-order chi connectivity index (χ0) is 9.61. The first kappa shape index (κ1) is 11.6. The van der Waals surface area contributed by atoms with E-state index in [0.717, 1.165) is 0 Å². The maximum Gasteiger partial charge on any atom is 0.367 e. The molecule has 0 amide bonds. The predicted molar refractivity (Wildman–Crippen MR) is 45.7 cm³/mol. The van der Waals surface area contributed by atoms with Crippen LogP contribution in [0, 0.1) is 0 Å². The molecular weight excluding hydrogens is 179 g/mol. The van der Waals surface area contributed by atoms with Gasteiger partial charge in [-0.05, 0) is 20.8 Å². The van der Waals surface area contributed by atoms with Gasteiger partial charge in [-0.15, -0.1) is 0 Å². The third-order valence-electron chi connectivity index (χ3n) is 1.16. The average molecular weight is 192 g/mol. The lowest BCUT2D eigenvalue weighted by molar-refractivity contribution is 0.226.